The zero-order chi connectivity index (χ0) is 13.7. The van der Waals surface area contributed by atoms with Gasteiger partial charge in [-0.3, -0.25) is 4.84 Å². The van der Waals surface area contributed by atoms with Gasteiger partial charge in [0.1, 0.15) is 4.90 Å². The summed E-state index contributed by atoms with van der Waals surface area (Å²) in [6.07, 6.45) is 0. The van der Waals surface area contributed by atoms with E-state index in [2.05, 4.69) is 4.89 Å². The first-order valence-electron chi connectivity index (χ1n) is 5.51. The molecule has 2 aromatic rings. The molecule has 1 N–H and O–H groups in total. The molecule has 0 radical (unpaired) electrons. The molecular formula is C13H12ClNO3S. The van der Waals surface area contributed by atoms with Crippen molar-refractivity contribution in [3.63, 3.8) is 0 Å². The average Bonchev–Trinajstić information content (AvgIpc) is 2.40. The lowest BCUT2D eigenvalue weighted by Gasteiger charge is -2.08. The molecule has 0 saturated carbocycles. The van der Waals surface area contributed by atoms with E-state index in [9.17, 15) is 8.42 Å². The molecule has 0 spiro atoms. The van der Waals surface area contributed by atoms with Crippen LogP contribution in [0.15, 0.2) is 59.5 Å². The fourth-order valence-corrected chi connectivity index (χ4v) is 2.80. The number of rotatable bonds is 5. The molecule has 0 amide bonds. The van der Waals surface area contributed by atoms with Crippen molar-refractivity contribution in [3.8, 4) is 0 Å². The van der Waals surface area contributed by atoms with Gasteiger partial charge in [-0.15, -0.1) is 0 Å². The van der Waals surface area contributed by atoms with Crippen LogP contribution >= 0.6 is 11.6 Å². The maximum Gasteiger partial charge on any atom is 0.263 e. The molecule has 0 bridgehead atoms. The van der Waals surface area contributed by atoms with Gasteiger partial charge in [0.2, 0.25) is 0 Å². The SMILES string of the molecule is O=S(=O)(NOCc1ccccc1)c1ccccc1Cl. The third-order valence-electron chi connectivity index (χ3n) is 2.38. The molecule has 19 heavy (non-hydrogen) atoms. The first-order chi connectivity index (χ1) is 9.09. The number of halogens is 1. The second-order valence-corrected chi connectivity index (χ2v) is 5.81. The van der Waals surface area contributed by atoms with Gasteiger partial charge in [-0.05, 0) is 17.7 Å². The van der Waals surface area contributed by atoms with Crippen molar-refractivity contribution in [2.75, 3.05) is 0 Å². The highest BCUT2D eigenvalue weighted by Crippen LogP contribution is 2.20. The second-order valence-electron chi connectivity index (χ2n) is 3.79. The highest BCUT2D eigenvalue weighted by molar-refractivity contribution is 7.89. The molecule has 0 unspecified atom stereocenters. The Bertz CT molecular complexity index is 644. The van der Waals surface area contributed by atoms with Crippen LogP contribution in [0.4, 0.5) is 0 Å². The van der Waals surface area contributed by atoms with E-state index < -0.39 is 10.0 Å². The summed E-state index contributed by atoms with van der Waals surface area (Å²) in [5.41, 5.74) is 0.865. The fourth-order valence-electron chi connectivity index (χ4n) is 1.47. The summed E-state index contributed by atoms with van der Waals surface area (Å²) in [5.74, 6) is 0. The Morgan fingerprint density at radius 3 is 2.32 bits per heavy atom. The van der Waals surface area contributed by atoms with Crippen molar-refractivity contribution >= 4 is 21.6 Å². The lowest BCUT2D eigenvalue weighted by Crippen LogP contribution is -2.24. The molecule has 4 nitrogen and oxygen atoms in total. The summed E-state index contributed by atoms with van der Waals surface area (Å²) < 4.78 is 23.8. The van der Waals surface area contributed by atoms with Crippen LogP contribution in [0.2, 0.25) is 5.02 Å². The Morgan fingerprint density at radius 1 is 1.00 bits per heavy atom. The van der Waals surface area contributed by atoms with Gasteiger partial charge in [-0.2, -0.15) is 0 Å². The van der Waals surface area contributed by atoms with Gasteiger partial charge < -0.3 is 0 Å². The lowest BCUT2D eigenvalue weighted by molar-refractivity contribution is 0.0795. The van der Waals surface area contributed by atoms with Crippen LogP contribution in [0.25, 0.3) is 0 Å². The predicted molar refractivity (Wildman–Crippen MR) is 73.0 cm³/mol. The van der Waals surface area contributed by atoms with Gasteiger partial charge in [-0.1, -0.05) is 59.0 Å². The first kappa shape index (κ1) is 14.0. The minimum Gasteiger partial charge on any atom is -0.282 e. The van der Waals surface area contributed by atoms with E-state index in [-0.39, 0.29) is 16.5 Å². The molecule has 0 aliphatic heterocycles. The van der Waals surface area contributed by atoms with Crippen LogP contribution in [0.3, 0.4) is 0 Å². The quantitative estimate of drug-likeness (QED) is 0.863. The molecule has 0 heterocycles. The minimum absolute atomic E-state index is 0.00951. The summed E-state index contributed by atoms with van der Waals surface area (Å²) in [6.45, 7) is 0.143. The number of hydrogen-bond acceptors (Lipinski definition) is 3. The van der Waals surface area contributed by atoms with Crippen molar-refractivity contribution in [2.45, 2.75) is 11.5 Å². The standard InChI is InChI=1S/C13H12ClNO3S/c14-12-8-4-5-9-13(12)19(16,17)15-18-10-11-6-2-1-3-7-11/h1-9,15H,10H2. The van der Waals surface area contributed by atoms with Crippen molar-refractivity contribution < 1.29 is 13.3 Å². The number of hydrogen-bond donors (Lipinski definition) is 1. The van der Waals surface area contributed by atoms with E-state index in [1.165, 1.54) is 12.1 Å². The molecule has 2 aromatic carbocycles. The predicted octanol–water partition coefficient (Wildman–Crippen LogP) is 2.75. The molecule has 100 valence electrons. The van der Waals surface area contributed by atoms with Crippen LogP contribution in [0.5, 0.6) is 0 Å². The first-order valence-corrected chi connectivity index (χ1v) is 7.38. The minimum atomic E-state index is -3.77. The lowest BCUT2D eigenvalue weighted by atomic mass is 10.2. The molecule has 6 heteroatoms. The molecule has 0 fully saturated rings. The smallest absolute Gasteiger partial charge is 0.263 e. The Hall–Kier alpha value is -1.40. The van der Waals surface area contributed by atoms with Crippen LogP contribution in [0.1, 0.15) is 5.56 Å². The molecule has 0 aliphatic rings. The summed E-state index contributed by atoms with van der Waals surface area (Å²) in [5, 5.41) is 0.151. The van der Waals surface area contributed by atoms with Gasteiger partial charge in [0.25, 0.3) is 10.0 Å². The molecule has 0 aliphatic carbocycles. The van der Waals surface area contributed by atoms with Crippen LogP contribution < -0.4 is 4.89 Å². The normalized spacial score (nSPS) is 11.4. The van der Waals surface area contributed by atoms with Crippen LogP contribution in [0, 0.1) is 0 Å². The summed E-state index contributed by atoms with van der Waals surface area (Å²) in [4.78, 5) is 7.04. The Balaban J connectivity index is 2.01. The van der Waals surface area contributed by atoms with Crippen molar-refractivity contribution in [1.82, 2.24) is 4.89 Å². The van der Waals surface area contributed by atoms with Crippen molar-refractivity contribution in [2.24, 2.45) is 0 Å². The van der Waals surface area contributed by atoms with E-state index in [1.807, 2.05) is 30.3 Å². The Labute approximate surface area is 117 Å². The third-order valence-corrected chi connectivity index (χ3v) is 4.09. The van der Waals surface area contributed by atoms with Gasteiger partial charge in [-0.25, -0.2) is 8.42 Å². The maximum absolute atomic E-state index is 11.9. The van der Waals surface area contributed by atoms with Gasteiger partial charge in [0.05, 0.1) is 11.6 Å². The van der Waals surface area contributed by atoms with Crippen molar-refractivity contribution in [3.05, 3.63) is 65.2 Å². The fraction of sp³-hybridized carbons (Fsp3) is 0.0769. The van der Waals surface area contributed by atoms with Gasteiger partial charge in [0, 0.05) is 0 Å². The van der Waals surface area contributed by atoms with E-state index in [4.69, 9.17) is 16.4 Å². The van der Waals surface area contributed by atoms with E-state index in [0.717, 1.165) is 5.56 Å². The monoisotopic (exact) mass is 297 g/mol. The van der Waals surface area contributed by atoms with E-state index >= 15 is 0 Å². The zero-order valence-electron chi connectivity index (χ0n) is 9.91. The molecule has 2 rings (SSSR count). The van der Waals surface area contributed by atoms with Crippen LogP contribution in [-0.4, -0.2) is 8.42 Å². The number of sulfonamides is 1. The highest BCUT2D eigenvalue weighted by Gasteiger charge is 2.17. The molecule has 0 saturated heterocycles. The summed E-state index contributed by atoms with van der Waals surface area (Å²) in [7, 11) is -3.77. The Kier molecular flexibility index (Phi) is 4.55. The summed E-state index contributed by atoms with van der Waals surface area (Å²) >= 11 is 5.83. The van der Waals surface area contributed by atoms with Gasteiger partial charge >= 0.3 is 0 Å². The largest absolute Gasteiger partial charge is 0.282 e. The topological polar surface area (TPSA) is 55.4 Å². The highest BCUT2D eigenvalue weighted by atomic mass is 35.5. The second kappa shape index (κ2) is 6.16. The maximum atomic E-state index is 11.9. The van der Waals surface area contributed by atoms with Crippen LogP contribution in [-0.2, 0) is 21.5 Å². The average molecular weight is 298 g/mol. The molecular weight excluding hydrogens is 286 g/mol. The van der Waals surface area contributed by atoms with E-state index in [0.29, 0.717) is 0 Å². The van der Waals surface area contributed by atoms with Gasteiger partial charge in [0.15, 0.2) is 0 Å². The number of nitrogens with one attached hydrogen (secondary N) is 1. The Morgan fingerprint density at radius 2 is 1.63 bits per heavy atom. The molecule has 0 atom stereocenters. The summed E-state index contributed by atoms with van der Waals surface area (Å²) in [6, 6.07) is 15.4. The number of benzene rings is 2. The molecule has 0 aromatic heterocycles. The third kappa shape index (κ3) is 3.78. The van der Waals surface area contributed by atoms with Crippen molar-refractivity contribution in [1.29, 1.82) is 0 Å². The van der Waals surface area contributed by atoms with E-state index in [1.54, 1.807) is 12.1 Å². The zero-order valence-corrected chi connectivity index (χ0v) is 11.5.